The van der Waals surface area contributed by atoms with Crippen LogP contribution in [0, 0.1) is 23.3 Å². The van der Waals surface area contributed by atoms with Gasteiger partial charge < -0.3 is 4.90 Å². The number of allylic oxidation sites excluding steroid dienone is 1. The highest BCUT2D eigenvalue weighted by atomic mass is 19.2. The van der Waals surface area contributed by atoms with Crippen LogP contribution in [0.15, 0.2) is 60.7 Å². The second-order valence-corrected chi connectivity index (χ2v) is 9.74. The fraction of sp³-hybridized carbons (Fsp3) is 0.276. The number of anilines is 1. The van der Waals surface area contributed by atoms with Crippen molar-refractivity contribution in [1.82, 2.24) is 0 Å². The third-order valence-electron chi connectivity index (χ3n) is 7.15. The van der Waals surface area contributed by atoms with Crippen LogP contribution in [-0.4, -0.2) is 23.4 Å². The summed E-state index contributed by atoms with van der Waals surface area (Å²) in [6.07, 6.45) is 3.65. The van der Waals surface area contributed by atoms with Crippen LogP contribution in [0.4, 0.5) is 33.3 Å². The van der Waals surface area contributed by atoms with E-state index in [-0.39, 0.29) is 0 Å². The summed E-state index contributed by atoms with van der Waals surface area (Å²) >= 11 is 0. The largest absolute Gasteiger partial charge is 0.372 e. The van der Waals surface area contributed by atoms with Gasteiger partial charge in [0, 0.05) is 36.5 Å². The normalized spacial score (nSPS) is 17.8. The first-order valence-electron chi connectivity index (χ1n) is 12.0. The van der Waals surface area contributed by atoms with Gasteiger partial charge in [-0.25, -0.2) is 17.6 Å². The van der Waals surface area contributed by atoms with Gasteiger partial charge in [-0.05, 0) is 56.5 Å². The van der Waals surface area contributed by atoms with Gasteiger partial charge in [0.1, 0.15) is 0 Å². The van der Waals surface area contributed by atoms with Crippen LogP contribution in [0.5, 0.6) is 0 Å². The average Bonchev–Trinajstić information content (AvgIpc) is 3.49. The minimum Gasteiger partial charge on any atom is -0.372 e. The van der Waals surface area contributed by atoms with Gasteiger partial charge in [0.25, 0.3) is 0 Å². The minimum absolute atomic E-state index is 0.380. The zero-order valence-corrected chi connectivity index (χ0v) is 20.0. The molecule has 0 aliphatic carbocycles. The minimum atomic E-state index is -2.28. The molecule has 0 spiro atoms. The summed E-state index contributed by atoms with van der Waals surface area (Å²) < 4.78 is 73.2. The molecule has 1 atom stereocenters. The molecule has 36 heavy (non-hydrogen) atoms. The Morgan fingerprint density at radius 1 is 0.861 bits per heavy atom. The fourth-order valence-corrected chi connectivity index (χ4v) is 5.16. The first-order chi connectivity index (χ1) is 17.2. The van der Waals surface area contributed by atoms with E-state index in [0.717, 1.165) is 29.9 Å². The summed E-state index contributed by atoms with van der Waals surface area (Å²) in [7, 11) is 0. The first-order valence-corrected chi connectivity index (χ1v) is 12.0. The zero-order chi connectivity index (χ0) is 25.6. The maximum Gasteiger partial charge on any atom is 0.329 e. The first kappa shape index (κ1) is 24.2. The summed E-state index contributed by atoms with van der Waals surface area (Å²) in [5.74, 6) is -7.39. The van der Waals surface area contributed by atoms with Crippen LogP contribution in [0.25, 0.3) is 6.08 Å². The van der Waals surface area contributed by atoms with Crippen molar-refractivity contribution in [3.05, 3.63) is 101 Å². The highest BCUT2D eigenvalue weighted by Gasteiger charge is 2.48. The molecule has 0 bridgehead atoms. The molecular formula is C29H26F5N2+. The SMILES string of the molecule is CC1(C)C(C=Cc2ccc(N3CCCC3)cc2)=[N+](C(F)c2cc(F)c(F)c(F)c2F)c2ccccc21. The number of halogens is 5. The molecule has 5 rings (SSSR count). The molecule has 0 aromatic heterocycles. The molecule has 3 aromatic carbocycles. The summed E-state index contributed by atoms with van der Waals surface area (Å²) in [5, 5.41) is 0. The van der Waals surface area contributed by atoms with Gasteiger partial charge in [-0.1, -0.05) is 30.3 Å². The topological polar surface area (TPSA) is 6.25 Å². The molecule has 2 aliphatic rings. The molecule has 0 saturated carbocycles. The van der Waals surface area contributed by atoms with Crippen molar-refractivity contribution in [2.45, 2.75) is 38.4 Å². The van der Waals surface area contributed by atoms with E-state index in [1.807, 2.05) is 56.3 Å². The van der Waals surface area contributed by atoms with Gasteiger partial charge in [-0.15, -0.1) is 0 Å². The number of hydrogen-bond acceptors (Lipinski definition) is 1. The lowest BCUT2D eigenvalue weighted by atomic mass is 9.81. The quantitative estimate of drug-likeness (QED) is 0.116. The molecule has 2 aliphatic heterocycles. The Hall–Kier alpha value is -3.48. The van der Waals surface area contributed by atoms with Gasteiger partial charge in [0.05, 0.1) is 11.0 Å². The lowest BCUT2D eigenvalue weighted by Gasteiger charge is -2.17. The maximum absolute atomic E-state index is 16.0. The summed E-state index contributed by atoms with van der Waals surface area (Å²) in [6.45, 7) is 5.87. The van der Waals surface area contributed by atoms with Crippen molar-refractivity contribution in [1.29, 1.82) is 0 Å². The van der Waals surface area contributed by atoms with E-state index in [4.69, 9.17) is 0 Å². The van der Waals surface area contributed by atoms with E-state index in [1.165, 1.54) is 17.4 Å². The Balaban J connectivity index is 1.58. The number of benzene rings is 3. The third-order valence-corrected chi connectivity index (χ3v) is 7.15. The molecule has 3 aromatic rings. The number of rotatable bonds is 5. The van der Waals surface area contributed by atoms with Crippen LogP contribution in [0.2, 0.25) is 0 Å². The monoisotopic (exact) mass is 497 g/mol. The van der Waals surface area contributed by atoms with Gasteiger partial charge in [-0.2, -0.15) is 8.97 Å². The predicted molar refractivity (Wildman–Crippen MR) is 131 cm³/mol. The van der Waals surface area contributed by atoms with E-state index < -0.39 is 40.5 Å². The van der Waals surface area contributed by atoms with Gasteiger partial charge >= 0.3 is 6.30 Å². The summed E-state index contributed by atoms with van der Waals surface area (Å²) in [6, 6.07) is 15.4. The van der Waals surface area contributed by atoms with Gasteiger partial charge in [0.2, 0.25) is 5.69 Å². The smallest absolute Gasteiger partial charge is 0.329 e. The van der Waals surface area contributed by atoms with E-state index in [0.29, 0.717) is 17.5 Å². The number of para-hydroxylation sites is 1. The number of fused-ring (bicyclic) bond motifs is 1. The second-order valence-electron chi connectivity index (χ2n) is 9.74. The number of hydrogen-bond donors (Lipinski definition) is 0. The Bertz CT molecular complexity index is 1370. The summed E-state index contributed by atoms with van der Waals surface area (Å²) in [5.41, 5.74) is 2.14. The summed E-state index contributed by atoms with van der Waals surface area (Å²) in [4.78, 5) is 2.32. The van der Waals surface area contributed by atoms with E-state index in [9.17, 15) is 17.6 Å². The molecular weight excluding hydrogens is 471 g/mol. The van der Waals surface area contributed by atoms with Crippen molar-refractivity contribution < 1.29 is 26.5 Å². The average molecular weight is 498 g/mol. The molecule has 2 heterocycles. The predicted octanol–water partition coefficient (Wildman–Crippen LogP) is 7.60. The van der Waals surface area contributed by atoms with Crippen molar-refractivity contribution in [3.8, 4) is 0 Å². The molecule has 186 valence electrons. The third kappa shape index (κ3) is 4.00. The van der Waals surface area contributed by atoms with E-state index in [1.54, 1.807) is 18.2 Å². The van der Waals surface area contributed by atoms with E-state index >= 15 is 4.39 Å². The van der Waals surface area contributed by atoms with Crippen molar-refractivity contribution in [2.24, 2.45) is 0 Å². The molecule has 0 N–H and O–H groups in total. The van der Waals surface area contributed by atoms with Crippen LogP contribution in [-0.2, 0) is 5.41 Å². The lowest BCUT2D eigenvalue weighted by molar-refractivity contribution is -0.524. The Kier molecular flexibility index (Phi) is 6.18. The molecule has 1 unspecified atom stereocenters. The van der Waals surface area contributed by atoms with Crippen molar-refractivity contribution in [3.63, 3.8) is 0 Å². The molecule has 0 amide bonds. The van der Waals surface area contributed by atoms with E-state index in [2.05, 4.69) is 4.90 Å². The second kappa shape index (κ2) is 9.19. The number of alkyl halides is 1. The highest BCUT2D eigenvalue weighted by molar-refractivity contribution is 6.05. The molecule has 1 saturated heterocycles. The number of nitrogens with zero attached hydrogens (tertiary/aromatic N) is 2. The molecule has 0 radical (unpaired) electrons. The molecule has 1 fully saturated rings. The maximum atomic E-state index is 16.0. The van der Waals surface area contributed by atoms with Crippen LogP contribution in [0.1, 0.15) is 49.7 Å². The van der Waals surface area contributed by atoms with Crippen LogP contribution >= 0.6 is 0 Å². The van der Waals surface area contributed by atoms with Crippen molar-refractivity contribution in [2.75, 3.05) is 18.0 Å². The van der Waals surface area contributed by atoms with Gasteiger partial charge in [0.15, 0.2) is 29.0 Å². The fourth-order valence-electron chi connectivity index (χ4n) is 5.16. The van der Waals surface area contributed by atoms with Crippen molar-refractivity contribution >= 4 is 23.2 Å². The zero-order valence-electron chi connectivity index (χ0n) is 20.0. The highest BCUT2D eigenvalue weighted by Crippen LogP contribution is 2.44. The van der Waals surface area contributed by atoms with Crippen LogP contribution in [0.3, 0.4) is 0 Å². The van der Waals surface area contributed by atoms with Crippen LogP contribution < -0.4 is 4.90 Å². The Morgan fingerprint density at radius 2 is 1.53 bits per heavy atom. The Morgan fingerprint density at radius 3 is 2.22 bits per heavy atom. The molecule has 2 nitrogen and oxygen atoms in total. The Labute approximate surface area is 207 Å². The molecule has 7 heteroatoms. The lowest BCUT2D eigenvalue weighted by Crippen LogP contribution is -2.28. The van der Waals surface area contributed by atoms with Gasteiger partial charge in [-0.3, -0.25) is 0 Å². The standard InChI is InChI=1S/C29H26F5N2/c1-29(2)21-7-3-4-8-23(21)36(28(34)20-17-22(30)26(32)27(33)25(20)31)24(29)14-11-18-9-12-19(13-10-18)35-15-5-6-16-35/h3-4,7-14,17,28H,5-6,15-16H2,1-2H3/q+1.